The number of rotatable bonds is 4. The van der Waals surface area contributed by atoms with Crippen molar-refractivity contribution >= 4 is 40.1 Å². The molecular weight excluding hydrogens is 448 g/mol. The number of nitrogens with zero attached hydrogens (tertiary/aromatic N) is 2. The Kier molecular flexibility index (Phi) is 6.67. The van der Waals surface area contributed by atoms with Crippen LogP contribution in [0.4, 0.5) is 5.69 Å². The molecule has 3 nitrogen and oxygen atoms in total. The fraction of sp³-hybridized carbons (Fsp3) is 0.429. The molecule has 1 amide bonds. The van der Waals surface area contributed by atoms with Gasteiger partial charge in [-0.2, -0.15) is 0 Å². The third-order valence-corrected chi connectivity index (χ3v) is 8.90. The van der Waals surface area contributed by atoms with Gasteiger partial charge in [0.2, 0.25) is 5.91 Å². The van der Waals surface area contributed by atoms with Crippen LogP contribution in [0.15, 0.2) is 71.1 Å². The SMILES string of the molecule is C=C1SC(=Nc2cccc(Cl)c2)N(C(=O)C(c2ccccc2)C2CCCC2)C12CCCCC2. The van der Waals surface area contributed by atoms with E-state index in [1.807, 2.05) is 30.3 Å². The van der Waals surface area contributed by atoms with Gasteiger partial charge in [0.15, 0.2) is 5.17 Å². The lowest BCUT2D eigenvalue weighted by atomic mass is 9.77. The maximum Gasteiger partial charge on any atom is 0.237 e. The molecular formula is C28H31ClN2OS. The number of carbonyl (C=O) groups excluding carboxylic acids is 1. The molecule has 1 aliphatic heterocycles. The first-order chi connectivity index (χ1) is 16.1. The van der Waals surface area contributed by atoms with E-state index in [-0.39, 0.29) is 17.4 Å². The number of amidine groups is 1. The van der Waals surface area contributed by atoms with Crippen LogP contribution < -0.4 is 0 Å². The van der Waals surface area contributed by atoms with E-state index in [2.05, 4.69) is 35.7 Å². The number of aliphatic imine (C=N–C) groups is 1. The summed E-state index contributed by atoms with van der Waals surface area (Å²) in [6, 6.07) is 18.0. The van der Waals surface area contributed by atoms with E-state index in [1.54, 1.807) is 11.8 Å². The standard InChI is InChI=1S/C28H31ClN2OS/c1-20-28(17-8-3-9-18-28)31(27(33-20)30-24-16-10-15-23(29)19-24)26(32)25(22-13-6-7-14-22)21-11-4-2-5-12-21/h2,4-5,10-12,15-16,19,22,25H,1,3,6-9,13-14,17-18H2. The second-order valence-corrected chi connectivity index (χ2v) is 11.1. The van der Waals surface area contributed by atoms with E-state index in [0.29, 0.717) is 10.9 Å². The summed E-state index contributed by atoms with van der Waals surface area (Å²) < 4.78 is 0. The molecule has 2 aliphatic carbocycles. The number of carbonyl (C=O) groups is 1. The highest BCUT2D eigenvalue weighted by atomic mass is 35.5. The number of hydrogen-bond donors (Lipinski definition) is 0. The molecule has 0 N–H and O–H groups in total. The molecule has 0 bridgehead atoms. The predicted octanol–water partition coefficient (Wildman–Crippen LogP) is 8.09. The predicted molar refractivity (Wildman–Crippen MR) is 139 cm³/mol. The summed E-state index contributed by atoms with van der Waals surface area (Å²) >= 11 is 7.82. The quantitative estimate of drug-likeness (QED) is 0.444. The average Bonchev–Trinajstić information content (AvgIpc) is 3.43. The fourth-order valence-corrected chi connectivity index (χ4v) is 7.34. The smallest absolute Gasteiger partial charge is 0.237 e. The summed E-state index contributed by atoms with van der Waals surface area (Å²) in [4.78, 5) is 22.7. The van der Waals surface area contributed by atoms with Crippen molar-refractivity contribution in [3.63, 3.8) is 0 Å². The molecule has 0 aromatic heterocycles. The van der Waals surface area contributed by atoms with E-state index in [4.69, 9.17) is 16.6 Å². The molecule has 1 spiro atoms. The summed E-state index contributed by atoms with van der Waals surface area (Å²) in [5.41, 5.74) is 1.58. The van der Waals surface area contributed by atoms with Crippen LogP contribution in [0.5, 0.6) is 0 Å². The number of thioether (sulfide) groups is 1. The van der Waals surface area contributed by atoms with Crippen molar-refractivity contribution in [2.45, 2.75) is 69.2 Å². The molecule has 3 aliphatic rings. The molecule has 3 fully saturated rings. The zero-order valence-corrected chi connectivity index (χ0v) is 20.6. The number of halogens is 1. The Balaban J connectivity index is 1.60. The number of benzene rings is 2. The Bertz CT molecular complexity index is 1050. The Morgan fingerprint density at radius 2 is 1.76 bits per heavy atom. The van der Waals surface area contributed by atoms with Gasteiger partial charge in [0.1, 0.15) is 0 Å². The van der Waals surface area contributed by atoms with Gasteiger partial charge < -0.3 is 0 Å². The largest absolute Gasteiger partial charge is 0.280 e. The fourth-order valence-electron chi connectivity index (χ4n) is 5.94. The van der Waals surface area contributed by atoms with Gasteiger partial charge in [-0.25, -0.2) is 4.99 Å². The van der Waals surface area contributed by atoms with Crippen molar-refractivity contribution in [2.24, 2.45) is 10.9 Å². The van der Waals surface area contributed by atoms with Gasteiger partial charge >= 0.3 is 0 Å². The minimum atomic E-state index is -0.330. The molecule has 1 unspecified atom stereocenters. The number of amides is 1. The second-order valence-electron chi connectivity index (χ2n) is 9.60. The van der Waals surface area contributed by atoms with Crippen LogP contribution >= 0.6 is 23.4 Å². The Labute approximate surface area is 206 Å². The maximum absolute atomic E-state index is 14.6. The van der Waals surface area contributed by atoms with Crippen LogP contribution in [0.1, 0.15) is 69.3 Å². The van der Waals surface area contributed by atoms with Crippen molar-refractivity contribution in [1.82, 2.24) is 4.90 Å². The number of hydrogen-bond acceptors (Lipinski definition) is 3. The monoisotopic (exact) mass is 478 g/mol. The first-order valence-corrected chi connectivity index (χ1v) is 13.4. The summed E-state index contributed by atoms with van der Waals surface area (Å²) in [5.74, 6) is 0.442. The first kappa shape index (κ1) is 22.7. The highest BCUT2D eigenvalue weighted by molar-refractivity contribution is 8.17. The van der Waals surface area contributed by atoms with Crippen LogP contribution in [0.25, 0.3) is 0 Å². The topological polar surface area (TPSA) is 32.7 Å². The van der Waals surface area contributed by atoms with Gasteiger partial charge in [-0.15, -0.1) is 0 Å². The lowest BCUT2D eigenvalue weighted by Crippen LogP contribution is -2.53. The lowest BCUT2D eigenvalue weighted by molar-refractivity contribution is -0.134. The van der Waals surface area contributed by atoms with E-state index in [0.717, 1.165) is 59.8 Å². The lowest BCUT2D eigenvalue weighted by Gasteiger charge is -2.43. The molecule has 33 heavy (non-hydrogen) atoms. The first-order valence-electron chi connectivity index (χ1n) is 12.2. The Morgan fingerprint density at radius 1 is 1.03 bits per heavy atom. The maximum atomic E-state index is 14.6. The molecule has 1 saturated heterocycles. The van der Waals surface area contributed by atoms with Crippen LogP contribution in [0.3, 0.4) is 0 Å². The van der Waals surface area contributed by atoms with E-state index >= 15 is 0 Å². The van der Waals surface area contributed by atoms with Gasteiger partial charge in [0.05, 0.1) is 17.1 Å². The van der Waals surface area contributed by atoms with Gasteiger partial charge in [0.25, 0.3) is 0 Å². The normalized spacial score (nSPS) is 22.9. The minimum absolute atomic E-state index is 0.136. The van der Waals surface area contributed by atoms with Crippen molar-refractivity contribution in [3.05, 3.63) is 76.7 Å². The average molecular weight is 479 g/mol. The van der Waals surface area contributed by atoms with Crippen molar-refractivity contribution < 1.29 is 4.79 Å². The molecule has 2 saturated carbocycles. The van der Waals surface area contributed by atoms with Gasteiger partial charge in [-0.05, 0) is 55.4 Å². The molecule has 5 rings (SSSR count). The molecule has 172 valence electrons. The van der Waals surface area contributed by atoms with Gasteiger partial charge in [0, 0.05) is 9.93 Å². The highest BCUT2D eigenvalue weighted by Crippen LogP contribution is 2.53. The molecule has 1 heterocycles. The van der Waals surface area contributed by atoms with E-state index in [1.165, 1.54) is 19.3 Å². The van der Waals surface area contributed by atoms with Gasteiger partial charge in [-0.1, -0.05) is 98.4 Å². The van der Waals surface area contributed by atoms with Crippen molar-refractivity contribution in [3.8, 4) is 0 Å². The molecule has 1 atom stereocenters. The molecule has 2 aromatic rings. The Morgan fingerprint density at radius 3 is 2.45 bits per heavy atom. The van der Waals surface area contributed by atoms with E-state index in [9.17, 15) is 4.79 Å². The molecule has 2 aromatic carbocycles. The summed E-state index contributed by atoms with van der Waals surface area (Å²) in [5, 5.41) is 1.41. The third kappa shape index (κ3) is 4.40. The van der Waals surface area contributed by atoms with Crippen LogP contribution in [0, 0.1) is 5.92 Å². The minimum Gasteiger partial charge on any atom is -0.280 e. The van der Waals surface area contributed by atoms with Crippen molar-refractivity contribution in [1.29, 1.82) is 0 Å². The van der Waals surface area contributed by atoms with Crippen molar-refractivity contribution in [2.75, 3.05) is 0 Å². The Hall–Kier alpha value is -2.04. The second kappa shape index (κ2) is 9.68. The zero-order valence-electron chi connectivity index (χ0n) is 19.0. The summed E-state index contributed by atoms with van der Waals surface area (Å²) in [6.45, 7) is 4.46. The van der Waals surface area contributed by atoms with Crippen LogP contribution in [-0.2, 0) is 4.79 Å². The van der Waals surface area contributed by atoms with E-state index < -0.39 is 0 Å². The van der Waals surface area contributed by atoms with Crippen LogP contribution in [0.2, 0.25) is 5.02 Å². The van der Waals surface area contributed by atoms with Gasteiger partial charge in [-0.3, -0.25) is 9.69 Å². The zero-order chi connectivity index (χ0) is 22.8. The summed E-state index contributed by atoms with van der Waals surface area (Å²) in [6.07, 6.45) is 10.0. The highest BCUT2D eigenvalue weighted by Gasteiger charge is 2.53. The third-order valence-electron chi connectivity index (χ3n) is 7.58. The summed E-state index contributed by atoms with van der Waals surface area (Å²) in [7, 11) is 0. The molecule has 0 radical (unpaired) electrons. The molecule has 5 heteroatoms. The van der Waals surface area contributed by atoms with Crippen LogP contribution in [-0.4, -0.2) is 21.5 Å².